The van der Waals surface area contributed by atoms with Crippen LogP contribution in [0.25, 0.3) is 0 Å². The fourth-order valence-electron chi connectivity index (χ4n) is 4.98. The Hall–Kier alpha value is -2.78. The van der Waals surface area contributed by atoms with Crippen molar-refractivity contribution in [1.29, 1.82) is 0 Å². The van der Waals surface area contributed by atoms with Crippen LogP contribution in [-0.4, -0.2) is 67.4 Å². The van der Waals surface area contributed by atoms with E-state index in [2.05, 4.69) is 0 Å². The molecule has 9 heteroatoms. The predicted octanol–water partition coefficient (Wildman–Crippen LogP) is 4.64. The minimum atomic E-state index is -0.465. The molecule has 1 saturated carbocycles. The quantitative estimate of drug-likeness (QED) is 0.351. The van der Waals surface area contributed by atoms with Gasteiger partial charge in [-0.05, 0) is 42.9 Å². The van der Waals surface area contributed by atoms with Crippen molar-refractivity contribution in [3.8, 4) is 5.75 Å². The number of carbonyl (C=O) groups is 2. The summed E-state index contributed by atoms with van der Waals surface area (Å²) in [6, 6.07) is 7.46. The number of amides is 1. The van der Waals surface area contributed by atoms with Gasteiger partial charge in [0.2, 0.25) is 5.91 Å². The number of methoxy groups -OCH3 is 2. The van der Waals surface area contributed by atoms with Crippen molar-refractivity contribution >= 4 is 28.8 Å². The van der Waals surface area contributed by atoms with Crippen molar-refractivity contribution in [2.24, 2.45) is 4.99 Å². The van der Waals surface area contributed by atoms with E-state index in [0.717, 1.165) is 35.0 Å². The number of rotatable bonds is 9. The molecule has 8 nitrogen and oxygen atoms in total. The zero-order valence-electron chi connectivity index (χ0n) is 21.5. The van der Waals surface area contributed by atoms with Crippen LogP contribution in [0.4, 0.5) is 0 Å². The standard InChI is InChI=1S/C27H35N3O5S/c1-18-24(26(32)35-15-14-33-3)25(19-10-12-22(34-4)13-11-19)30-21(17-36-27(30)28-18)16-23(31)29(2)20-8-6-5-7-9-20/h10-13,17,20,25H,5-9,14-16H2,1-4H3. The van der Waals surface area contributed by atoms with Gasteiger partial charge in [-0.2, -0.15) is 0 Å². The molecule has 1 aromatic rings. The zero-order chi connectivity index (χ0) is 25.7. The maximum Gasteiger partial charge on any atom is 0.338 e. The Morgan fingerprint density at radius 3 is 2.50 bits per heavy atom. The van der Waals surface area contributed by atoms with Crippen molar-refractivity contribution in [3.05, 3.63) is 52.2 Å². The number of benzene rings is 1. The predicted molar refractivity (Wildman–Crippen MR) is 140 cm³/mol. The van der Waals surface area contributed by atoms with Crippen LogP contribution in [0.1, 0.15) is 57.1 Å². The van der Waals surface area contributed by atoms with E-state index in [-0.39, 0.29) is 18.9 Å². The summed E-state index contributed by atoms with van der Waals surface area (Å²) in [5, 5.41) is 2.74. The van der Waals surface area contributed by atoms with Gasteiger partial charge in [0.25, 0.3) is 0 Å². The van der Waals surface area contributed by atoms with Gasteiger partial charge in [0.1, 0.15) is 12.4 Å². The second-order valence-corrected chi connectivity index (χ2v) is 10.1. The third-order valence-electron chi connectivity index (χ3n) is 7.02. The number of ether oxygens (including phenoxy) is 3. The monoisotopic (exact) mass is 513 g/mol. The van der Waals surface area contributed by atoms with Gasteiger partial charge >= 0.3 is 5.97 Å². The molecule has 0 bridgehead atoms. The molecule has 1 atom stereocenters. The molecular formula is C27H35N3O5S. The lowest BCUT2D eigenvalue weighted by Gasteiger charge is -2.37. The number of fused-ring (bicyclic) bond motifs is 1. The van der Waals surface area contributed by atoms with Gasteiger partial charge < -0.3 is 24.0 Å². The fraction of sp³-hybridized carbons (Fsp3) is 0.519. The number of carbonyl (C=O) groups excluding carboxylic acids is 2. The lowest BCUT2D eigenvalue weighted by Crippen LogP contribution is -2.41. The Morgan fingerprint density at radius 1 is 1.11 bits per heavy atom. The van der Waals surface area contributed by atoms with Gasteiger partial charge in [-0.25, -0.2) is 9.79 Å². The third-order valence-corrected chi connectivity index (χ3v) is 7.91. The topological polar surface area (TPSA) is 80.7 Å². The summed E-state index contributed by atoms with van der Waals surface area (Å²) in [5.74, 6) is 0.373. The summed E-state index contributed by atoms with van der Waals surface area (Å²) in [5.41, 5.74) is 2.79. The highest BCUT2D eigenvalue weighted by Gasteiger charge is 2.41. The molecule has 2 aliphatic heterocycles. The summed E-state index contributed by atoms with van der Waals surface area (Å²) < 4.78 is 15.9. The molecule has 0 radical (unpaired) electrons. The van der Waals surface area contributed by atoms with Gasteiger partial charge in [-0.15, -0.1) is 0 Å². The molecule has 1 fully saturated rings. The second kappa shape index (κ2) is 12.0. The molecule has 1 unspecified atom stereocenters. The Labute approximate surface area is 217 Å². The van der Waals surface area contributed by atoms with Gasteiger partial charge in [0, 0.05) is 25.9 Å². The van der Waals surface area contributed by atoms with Gasteiger partial charge in [0.15, 0.2) is 5.17 Å². The Morgan fingerprint density at radius 2 is 1.83 bits per heavy atom. The molecule has 3 aliphatic rings. The number of nitrogens with zero attached hydrogens (tertiary/aromatic N) is 3. The van der Waals surface area contributed by atoms with Crippen molar-refractivity contribution in [3.63, 3.8) is 0 Å². The number of amidine groups is 1. The van der Waals surface area contributed by atoms with Gasteiger partial charge in [-0.1, -0.05) is 43.2 Å². The van der Waals surface area contributed by atoms with Crippen LogP contribution in [-0.2, 0) is 19.1 Å². The maximum atomic E-state index is 13.3. The molecular weight excluding hydrogens is 478 g/mol. The highest BCUT2D eigenvalue weighted by atomic mass is 32.2. The van der Waals surface area contributed by atoms with Crippen LogP contribution >= 0.6 is 11.8 Å². The Balaban J connectivity index is 1.63. The van der Waals surface area contributed by atoms with Crippen LogP contribution in [0.15, 0.2) is 51.6 Å². The molecule has 194 valence electrons. The smallest absolute Gasteiger partial charge is 0.338 e. The second-order valence-electron chi connectivity index (χ2n) is 9.27. The SMILES string of the molecule is COCCOC(=O)C1=C(C)N=C2SC=C(CC(=O)N(C)C3CCCCC3)N2C1c1ccc(OC)cc1. The number of allylic oxidation sites excluding steroid dienone is 1. The summed E-state index contributed by atoms with van der Waals surface area (Å²) in [7, 11) is 5.10. The van der Waals surface area contributed by atoms with Gasteiger partial charge in [0.05, 0.1) is 37.4 Å². The molecule has 1 aromatic carbocycles. The Bertz CT molecular complexity index is 1060. The highest BCUT2D eigenvalue weighted by Crippen LogP contribution is 2.45. The van der Waals surface area contributed by atoms with E-state index in [9.17, 15) is 9.59 Å². The number of aliphatic imine (C=N–C) groups is 1. The van der Waals surface area contributed by atoms with Crippen molar-refractivity contribution in [2.75, 3.05) is 34.5 Å². The summed E-state index contributed by atoms with van der Waals surface area (Å²) in [4.78, 5) is 35.2. The third kappa shape index (κ3) is 5.62. The normalized spacial score (nSPS) is 20.0. The number of hydrogen-bond donors (Lipinski definition) is 0. The minimum absolute atomic E-state index is 0.0824. The lowest BCUT2D eigenvalue weighted by molar-refractivity contribution is -0.141. The average molecular weight is 514 g/mol. The fourth-order valence-corrected chi connectivity index (χ4v) is 5.94. The first-order valence-electron chi connectivity index (χ1n) is 12.4. The van der Waals surface area contributed by atoms with Crippen molar-refractivity contribution in [1.82, 2.24) is 9.80 Å². The minimum Gasteiger partial charge on any atom is -0.497 e. The van der Waals surface area contributed by atoms with E-state index in [1.165, 1.54) is 31.0 Å². The summed E-state index contributed by atoms with van der Waals surface area (Å²) in [6.45, 7) is 2.29. The van der Waals surface area contributed by atoms with E-state index < -0.39 is 12.0 Å². The maximum absolute atomic E-state index is 13.3. The zero-order valence-corrected chi connectivity index (χ0v) is 22.3. The molecule has 4 rings (SSSR count). The van der Waals surface area contributed by atoms with E-state index in [1.807, 2.05) is 53.4 Å². The molecule has 0 N–H and O–H groups in total. The Kier molecular flexibility index (Phi) is 8.74. The molecule has 0 saturated heterocycles. The summed E-state index contributed by atoms with van der Waals surface area (Å²) >= 11 is 1.48. The van der Waals surface area contributed by atoms with Crippen molar-refractivity contribution < 1.29 is 23.8 Å². The van der Waals surface area contributed by atoms with E-state index in [0.29, 0.717) is 23.9 Å². The molecule has 0 spiro atoms. The molecule has 36 heavy (non-hydrogen) atoms. The number of thioether (sulfide) groups is 1. The molecule has 0 aromatic heterocycles. The van der Waals surface area contributed by atoms with Crippen LogP contribution in [0.3, 0.4) is 0 Å². The largest absolute Gasteiger partial charge is 0.497 e. The van der Waals surface area contributed by atoms with Crippen LogP contribution < -0.4 is 4.74 Å². The van der Waals surface area contributed by atoms with E-state index in [1.54, 1.807) is 14.2 Å². The first-order valence-corrected chi connectivity index (χ1v) is 13.3. The first-order chi connectivity index (χ1) is 17.4. The first kappa shape index (κ1) is 26.3. The van der Waals surface area contributed by atoms with Gasteiger partial charge in [-0.3, -0.25) is 4.79 Å². The van der Waals surface area contributed by atoms with Crippen LogP contribution in [0.5, 0.6) is 5.75 Å². The lowest BCUT2D eigenvalue weighted by atomic mass is 9.93. The highest BCUT2D eigenvalue weighted by molar-refractivity contribution is 8.16. The molecule has 1 amide bonds. The molecule has 2 heterocycles. The van der Waals surface area contributed by atoms with Crippen LogP contribution in [0, 0.1) is 0 Å². The average Bonchev–Trinajstić information content (AvgIpc) is 3.29. The summed E-state index contributed by atoms with van der Waals surface area (Å²) in [6.07, 6.45) is 5.94. The molecule has 1 aliphatic carbocycles. The van der Waals surface area contributed by atoms with Crippen LogP contribution in [0.2, 0.25) is 0 Å². The number of hydrogen-bond acceptors (Lipinski definition) is 8. The number of esters is 1. The van der Waals surface area contributed by atoms with E-state index in [4.69, 9.17) is 19.2 Å². The van der Waals surface area contributed by atoms with Crippen molar-refractivity contribution in [2.45, 2.75) is 57.5 Å². The van der Waals surface area contributed by atoms with E-state index >= 15 is 0 Å².